The van der Waals surface area contributed by atoms with E-state index in [9.17, 15) is 4.79 Å². The predicted octanol–water partition coefficient (Wildman–Crippen LogP) is 4.05. The highest BCUT2D eigenvalue weighted by molar-refractivity contribution is 7.15. The number of nitrogens with two attached hydrogens (primary N) is 1. The molecule has 0 spiro atoms. The van der Waals surface area contributed by atoms with Crippen molar-refractivity contribution in [1.29, 1.82) is 0 Å². The Morgan fingerprint density at radius 1 is 1.12 bits per heavy atom. The minimum absolute atomic E-state index is 0.0303. The molecule has 2 N–H and O–H groups in total. The fraction of sp³-hybridized carbons (Fsp3) is 0.440. The standard InChI is InChI=1S/C25H30N6O2S/c1-2-3-12-33-25-28-22(26)20-13-21(32)31(23(20)29-25)15-17-6-8-18(9-7-17)24-27-14-19(34-24)16-30-10-4-5-11-30/h6-9,14H,2-5,10-13,15-16H2,1H3,(H2,26,28,29). The van der Waals surface area contributed by atoms with Gasteiger partial charge in [-0.25, -0.2) is 4.98 Å². The maximum Gasteiger partial charge on any atom is 0.320 e. The smallest absolute Gasteiger partial charge is 0.320 e. The summed E-state index contributed by atoms with van der Waals surface area (Å²) >= 11 is 1.75. The molecule has 0 unspecified atom stereocenters. The fourth-order valence-electron chi connectivity index (χ4n) is 4.37. The molecule has 178 valence electrons. The Kier molecular flexibility index (Phi) is 6.73. The summed E-state index contributed by atoms with van der Waals surface area (Å²) < 4.78 is 5.65. The third kappa shape index (κ3) is 4.90. The van der Waals surface area contributed by atoms with Gasteiger partial charge in [0.25, 0.3) is 0 Å². The zero-order chi connectivity index (χ0) is 23.5. The quantitative estimate of drug-likeness (QED) is 0.464. The van der Waals surface area contributed by atoms with Crippen molar-refractivity contribution in [3.8, 4) is 16.6 Å². The third-order valence-electron chi connectivity index (χ3n) is 6.28. The molecule has 5 rings (SSSR count). The third-order valence-corrected chi connectivity index (χ3v) is 7.31. The summed E-state index contributed by atoms with van der Waals surface area (Å²) in [7, 11) is 0. The van der Waals surface area contributed by atoms with Crippen LogP contribution in [0, 0.1) is 0 Å². The highest BCUT2D eigenvalue weighted by atomic mass is 32.1. The molecule has 0 bridgehead atoms. The van der Waals surface area contributed by atoms with Crippen molar-refractivity contribution >= 4 is 28.9 Å². The second-order valence-electron chi connectivity index (χ2n) is 8.86. The van der Waals surface area contributed by atoms with E-state index in [-0.39, 0.29) is 18.3 Å². The minimum Gasteiger partial charge on any atom is -0.463 e. The lowest BCUT2D eigenvalue weighted by atomic mass is 10.1. The second-order valence-corrected chi connectivity index (χ2v) is 9.98. The summed E-state index contributed by atoms with van der Waals surface area (Å²) in [6.07, 6.45) is 6.73. The number of likely N-dealkylation sites (tertiary alicyclic amines) is 1. The summed E-state index contributed by atoms with van der Waals surface area (Å²) in [6, 6.07) is 8.47. The molecule has 1 amide bonds. The summed E-state index contributed by atoms with van der Waals surface area (Å²) in [6.45, 7) is 6.40. The van der Waals surface area contributed by atoms with Gasteiger partial charge in [0.15, 0.2) is 0 Å². The molecule has 1 aromatic carbocycles. The van der Waals surface area contributed by atoms with Gasteiger partial charge in [-0.15, -0.1) is 11.3 Å². The van der Waals surface area contributed by atoms with E-state index >= 15 is 0 Å². The van der Waals surface area contributed by atoms with Crippen LogP contribution in [0.2, 0.25) is 0 Å². The molecule has 4 heterocycles. The van der Waals surface area contributed by atoms with Gasteiger partial charge in [-0.3, -0.25) is 14.6 Å². The Balaban J connectivity index is 1.28. The molecular formula is C25H30N6O2S. The number of ether oxygens (including phenoxy) is 1. The number of amides is 1. The van der Waals surface area contributed by atoms with Crippen LogP contribution < -0.4 is 15.4 Å². The Bertz CT molecular complexity index is 1160. The first kappa shape index (κ1) is 22.7. The highest BCUT2D eigenvalue weighted by Crippen LogP contribution is 2.34. The summed E-state index contributed by atoms with van der Waals surface area (Å²) in [5.41, 5.74) is 8.90. The van der Waals surface area contributed by atoms with Crippen molar-refractivity contribution in [3.63, 3.8) is 0 Å². The fourth-order valence-corrected chi connectivity index (χ4v) is 5.33. The van der Waals surface area contributed by atoms with E-state index < -0.39 is 0 Å². The number of hydrogen-bond acceptors (Lipinski definition) is 8. The molecule has 1 fully saturated rings. The number of carbonyl (C=O) groups is 1. The lowest BCUT2D eigenvalue weighted by molar-refractivity contribution is -0.117. The van der Waals surface area contributed by atoms with Crippen LogP contribution in [-0.4, -0.2) is 45.5 Å². The van der Waals surface area contributed by atoms with Crippen LogP contribution in [0.25, 0.3) is 10.6 Å². The number of thiazole rings is 1. The van der Waals surface area contributed by atoms with Crippen LogP contribution in [0.3, 0.4) is 0 Å². The summed E-state index contributed by atoms with van der Waals surface area (Å²) in [5, 5.41) is 1.03. The zero-order valence-corrected chi connectivity index (χ0v) is 20.3. The lowest BCUT2D eigenvalue weighted by Crippen LogP contribution is -2.26. The largest absolute Gasteiger partial charge is 0.463 e. The molecule has 0 radical (unpaired) electrons. The van der Waals surface area contributed by atoms with Crippen molar-refractivity contribution < 1.29 is 9.53 Å². The van der Waals surface area contributed by atoms with E-state index in [1.807, 2.05) is 18.3 Å². The van der Waals surface area contributed by atoms with Gasteiger partial charge in [0.1, 0.15) is 16.6 Å². The molecule has 8 nitrogen and oxygen atoms in total. The number of aromatic nitrogens is 3. The summed E-state index contributed by atoms with van der Waals surface area (Å²) in [4.78, 5) is 31.6. The van der Waals surface area contributed by atoms with Crippen molar-refractivity contribution in [2.75, 3.05) is 30.3 Å². The maximum absolute atomic E-state index is 12.7. The second kappa shape index (κ2) is 10.1. The molecular weight excluding hydrogens is 448 g/mol. The minimum atomic E-state index is -0.0303. The molecule has 0 saturated carbocycles. The highest BCUT2D eigenvalue weighted by Gasteiger charge is 2.32. The Morgan fingerprint density at radius 2 is 1.91 bits per heavy atom. The van der Waals surface area contributed by atoms with Crippen LogP contribution in [-0.2, 0) is 24.3 Å². The molecule has 2 aliphatic rings. The van der Waals surface area contributed by atoms with E-state index in [1.165, 1.54) is 30.8 Å². The van der Waals surface area contributed by atoms with Crippen molar-refractivity contribution in [2.24, 2.45) is 0 Å². The molecule has 9 heteroatoms. The van der Waals surface area contributed by atoms with Gasteiger partial charge in [0, 0.05) is 28.7 Å². The number of hydrogen-bond donors (Lipinski definition) is 1. The van der Waals surface area contributed by atoms with Gasteiger partial charge >= 0.3 is 6.01 Å². The van der Waals surface area contributed by atoms with Crippen LogP contribution in [0.1, 0.15) is 48.6 Å². The first-order valence-electron chi connectivity index (χ1n) is 12.0. The molecule has 3 aromatic rings. The predicted molar refractivity (Wildman–Crippen MR) is 134 cm³/mol. The van der Waals surface area contributed by atoms with Crippen LogP contribution in [0.4, 0.5) is 11.6 Å². The Morgan fingerprint density at radius 3 is 2.68 bits per heavy atom. The number of carbonyl (C=O) groups excluding carboxylic acids is 1. The summed E-state index contributed by atoms with van der Waals surface area (Å²) in [5.74, 6) is 0.841. The monoisotopic (exact) mass is 478 g/mol. The molecule has 2 aromatic heterocycles. The molecule has 0 aliphatic carbocycles. The SMILES string of the molecule is CCCCOc1nc(N)c2c(n1)N(Cc1ccc(-c3ncc(CN4CCCC4)s3)cc1)C(=O)C2. The number of anilines is 2. The van der Waals surface area contributed by atoms with Crippen molar-refractivity contribution in [3.05, 3.63) is 46.5 Å². The maximum atomic E-state index is 12.7. The van der Waals surface area contributed by atoms with Crippen molar-refractivity contribution in [1.82, 2.24) is 19.9 Å². The van der Waals surface area contributed by atoms with Gasteiger partial charge in [-0.1, -0.05) is 37.6 Å². The normalized spacial score (nSPS) is 15.8. The van der Waals surface area contributed by atoms with Gasteiger partial charge in [-0.2, -0.15) is 9.97 Å². The molecule has 34 heavy (non-hydrogen) atoms. The number of rotatable bonds is 9. The van der Waals surface area contributed by atoms with Crippen molar-refractivity contribution in [2.45, 2.75) is 52.1 Å². The topological polar surface area (TPSA) is 97.5 Å². The van der Waals surface area contributed by atoms with Crippen LogP contribution in [0.5, 0.6) is 6.01 Å². The first-order valence-corrected chi connectivity index (χ1v) is 12.8. The van der Waals surface area contributed by atoms with Gasteiger partial charge < -0.3 is 10.5 Å². The Labute approximate surface area is 203 Å². The Hall–Kier alpha value is -3.04. The molecule has 1 saturated heterocycles. The molecule has 2 aliphatic heterocycles. The number of fused-ring (bicyclic) bond motifs is 1. The van der Waals surface area contributed by atoms with E-state index in [0.29, 0.717) is 30.4 Å². The number of unbranched alkanes of at least 4 members (excludes halogenated alkanes) is 1. The lowest BCUT2D eigenvalue weighted by Gasteiger charge is -2.17. The average Bonchev–Trinajstić information content (AvgIpc) is 3.58. The zero-order valence-electron chi connectivity index (χ0n) is 19.5. The van der Waals surface area contributed by atoms with Crippen LogP contribution >= 0.6 is 11.3 Å². The number of nitrogen functional groups attached to an aromatic ring is 1. The van der Waals surface area contributed by atoms with Crippen LogP contribution in [0.15, 0.2) is 30.5 Å². The van der Waals surface area contributed by atoms with E-state index in [4.69, 9.17) is 10.5 Å². The van der Waals surface area contributed by atoms with Gasteiger partial charge in [0.2, 0.25) is 5.91 Å². The van der Waals surface area contributed by atoms with E-state index in [1.54, 1.807) is 16.2 Å². The first-order chi connectivity index (χ1) is 16.6. The van der Waals surface area contributed by atoms with E-state index in [0.717, 1.165) is 35.5 Å². The van der Waals surface area contributed by atoms with E-state index in [2.05, 4.69) is 38.9 Å². The number of nitrogens with zero attached hydrogens (tertiary/aromatic N) is 5. The van der Waals surface area contributed by atoms with Gasteiger partial charge in [0.05, 0.1) is 19.6 Å². The number of benzene rings is 1. The average molecular weight is 479 g/mol. The molecule has 0 atom stereocenters. The van der Waals surface area contributed by atoms with Gasteiger partial charge in [-0.05, 0) is 37.9 Å².